The average Bonchev–Trinajstić information content (AvgIpc) is 1.59. The molecule has 20 aromatic rings. The number of hydrogen-bond donors (Lipinski definition) is 2. The summed E-state index contributed by atoms with van der Waals surface area (Å²) in [6.07, 6.45) is 3.12. The van der Waals surface area contributed by atoms with Crippen molar-refractivity contribution in [2.75, 3.05) is 0 Å². The van der Waals surface area contributed by atoms with Gasteiger partial charge in [-0.2, -0.15) is 0 Å². The third-order valence-corrected chi connectivity index (χ3v) is 24.9. The number of para-hydroxylation sites is 6. The fourth-order valence-corrected chi connectivity index (χ4v) is 19.2. The lowest BCUT2D eigenvalue weighted by atomic mass is 9.80. The lowest BCUT2D eigenvalue weighted by Crippen LogP contribution is -2.29. The van der Waals surface area contributed by atoms with Gasteiger partial charge in [-0.05, 0) is 245 Å². The highest BCUT2D eigenvalue weighted by atomic mass is 79.9. The summed E-state index contributed by atoms with van der Waals surface area (Å²) in [7, 11) is -1.46. The Morgan fingerprint density at radius 2 is 0.543 bits per heavy atom. The van der Waals surface area contributed by atoms with Gasteiger partial charge in [-0.25, -0.2) is 0 Å². The van der Waals surface area contributed by atoms with Crippen LogP contribution in [0.4, 0.5) is 0 Å². The summed E-state index contributed by atoms with van der Waals surface area (Å²) < 4.78 is 9.26. The Morgan fingerprint density at radius 3 is 0.983 bits per heavy atom. The van der Waals surface area contributed by atoms with Gasteiger partial charge in [-0.3, -0.25) is 0 Å². The van der Waals surface area contributed by atoms with Gasteiger partial charge >= 0.3 is 7.12 Å². The van der Waals surface area contributed by atoms with E-state index < -0.39 is 7.12 Å². The van der Waals surface area contributed by atoms with E-state index in [0.29, 0.717) is 5.46 Å². The van der Waals surface area contributed by atoms with E-state index >= 15 is 0 Å². The van der Waals surface area contributed by atoms with Crippen LogP contribution in [0.5, 0.6) is 0 Å². The molecule has 0 unspecified atom stereocenters. The maximum absolute atomic E-state index is 9.43. The minimum atomic E-state index is -1.46. The van der Waals surface area contributed by atoms with Crippen molar-refractivity contribution < 1.29 is 10.0 Å². The standard InChI is InChI=1S/2C31H21N.C18H14BNO2.C15H13Br.C13H9Br/c2*1-2-9-25(10-3-1)32-30-13-7-6-12-28(30)29-20-22(15-17-31(29)32)21-14-16-27-24(18-21)19-23-8-4-5-11-26(23)27;21-19(22)13-10-11-18-16(12-13)15-8-4-5-9-17(15)20(18)14-6-2-1-3-7-14;1-15(2)13-6-4-3-5-11(13)12-8-7-10(16)9-14(12)15;14-11-5-6-13-10(8-11)7-9-3-1-2-4-12(9)13/h2*1-18,20H,19H2;1-12,21-22H;3-9H,1-2H3;1-6,8H,7H2. The van der Waals surface area contributed by atoms with Crippen molar-refractivity contribution in [3.05, 3.63) is 442 Å². The van der Waals surface area contributed by atoms with Crippen LogP contribution in [0.1, 0.15) is 58.4 Å². The van der Waals surface area contributed by atoms with E-state index in [4.69, 9.17) is 0 Å². The normalized spacial score (nSPS) is 12.5. The number of aromatic nitrogens is 3. The van der Waals surface area contributed by atoms with E-state index in [1.165, 1.54) is 171 Å². The molecule has 0 amide bonds. The SMILES string of the molecule is Brc1ccc2c(c1)Cc1ccccc1-2.CC1(C)c2ccccc2-c2ccc(Br)cc21.OB(O)c1ccc2c(c1)c1ccccc1n2-c1ccccc1.c1ccc(-n2c3ccccc3c3cc(-c4ccc5c(c4)Cc4ccccc4-5)ccc32)cc1.c1ccc(-n2c3ccccc3c3cc(-c4ccc5c(c4)Cc4ccccc4-5)ccc32)cc1. The zero-order chi connectivity index (χ0) is 78.1. The number of nitrogens with zero attached hydrogens (tertiary/aromatic N) is 3. The van der Waals surface area contributed by atoms with Crippen LogP contribution in [0.15, 0.2) is 397 Å². The maximum Gasteiger partial charge on any atom is 0.488 e. The summed E-state index contributed by atoms with van der Waals surface area (Å²) in [5.41, 5.74) is 38.9. The molecule has 0 bridgehead atoms. The molecule has 3 aromatic heterocycles. The predicted molar refractivity (Wildman–Crippen MR) is 494 cm³/mol. The molecule has 554 valence electrons. The zero-order valence-electron chi connectivity index (χ0n) is 64.1. The molecule has 0 saturated heterocycles. The lowest BCUT2D eigenvalue weighted by Gasteiger charge is -2.21. The van der Waals surface area contributed by atoms with Crippen LogP contribution in [0.2, 0.25) is 0 Å². The first-order valence-corrected chi connectivity index (χ1v) is 41.3. The smallest absolute Gasteiger partial charge is 0.423 e. The molecule has 8 heteroatoms. The van der Waals surface area contributed by atoms with Crippen molar-refractivity contribution in [1.29, 1.82) is 0 Å². The van der Waals surface area contributed by atoms with Gasteiger partial charge in [-0.15, -0.1) is 0 Å². The topological polar surface area (TPSA) is 55.2 Å². The fourth-order valence-electron chi connectivity index (χ4n) is 18.5. The second-order valence-electron chi connectivity index (χ2n) is 31.1. The van der Waals surface area contributed by atoms with Crippen LogP contribution < -0.4 is 5.46 Å². The van der Waals surface area contributed by atoms with Crippen molar-refractivity contribution in [3.8, 4) is 83.8 Å². The fraction of sp³-hybridized carbons (Fsp3) is 0.0556. The van der Waals surface area contributed by atoms with Crippen molar-refractivity contribution >= 4 is 110 Å². The summed E-state index contributed by atoms with van der Waals surface area (Å²) in [4.78, 5) is 0. The van der Waals surface area contributed by atoms with Gasteiger partial charge in [0.25, 0.3) is 0 Å². The van der Waals surface area contributed by atoms with E-state index in [0.717, 1.165) is 51.2 Å². The number of halogens is 2. The molecule has 4 aliphatic carbocycles. The van der Waals surface area contributed by atoms with Crippen molar-refractivity contribution in [1.82, 2.24) is 13.7 Å². The highest BCUT2D eigenvalue weighted by molar-refractivity contribution is 9.10. The van der Waals surface area contributed by atoms with Crippen molar-refractivity contribution in [3.63, 3.8) is 0 Å². The average molecular weight is 1620 g/mol. The van der Waals surface area contributed by atoms with Crippen LogP contribution in [-0.2, 0) is 24.7 Å². The third-order valence-electron chi connectivity index (χ3n) is 23.9. The van der Waals surface area contributed by atoms with Gasteiger partial charge in [0, 0.05) is 63.7 Å². The molecule has 0 saturated carbocycles. The Kier molecular flexibility index (Phi) is 18.7. The highest BCUT2D eigenvalue weighted by Gasteiger charge is 2.35. The van der Waals surface area contributed by atoms with Crippen LogP contribution in [-0.4, -0.2) is 30.9 Å². The van der Waals surface area contributed by atoms with Gasteiger partial charge in [0.1, 0.15) is 0 Å². The van der Waals surface area contributed by atoms with Gasteiger partial charge in [0.15, 0.2) is 0 Å². The summed E-state index contributed by atoms with van der Waals surface area (Å²) in [5.74, 6) is 0. The molecule has 5 nitrogen and oxygen atoms in total. The molecule has 0 aliphatic heterocycles. The largest absolute Gasteiger partial charge is 0.488 e. The van der Waals surface area contributed by atoms with E-state index in [9.17, 15) is 10.0 Å². The quantitative estimate of drug-likeness (QED) is 0.163. The van der Waals surface area contributed by atoms with Crippen LogP contribution in [0, 0.1) is 0 Å². The molecule has 24 rings (SSSR count). The molecule has 3 heterocycles. The molecule has 0 atom stereocenters. The lowest BCUT2D eigenvalue weighted by molar-refractivity contribution is 0.426. The van der Waals surface area contributed by atoms with E-state index in [-0.39, 0.29) is 5.41 Å². The second-order valence-corrected chi connectivity index (χ2v) is 32.9. The Morgan fingerprint density at radius 1 is 0.241 bits per heavy atom. The molecule has 2 N–H and O–H groups in total. The zero-order valence-corrected chi connectivity index (χ0v) is 67.3. The van der Waals surface area contributed by atoms with Gasteiger partial charge in [-0.1, -0.05) is 325 Å². The van der Waals surface area contributed by atoms with Crippen LogP contribution in [0.3, 0.4) is 0 Å². The Balaban J connectivity index is 0.0000000969. The van der Waals surface area contributed by atoms with Crippen molar-refractivity contribution in [2.45, 2.75) is 38.5 Å². The summed E-state index contributed by atoms with van der Waals surface area (Å²) >= 11 is 7.07. The molecule has 0 radical (unpaired) electrons. The molecule has 0 spiro atoms. The van der Waals surface area contributed by atoms with E-state index in [1.807, 2.05) is 42.5 Å². The first-order chi connectivity index (χ1) is 56.9. The molecular formula is C108H78BBr2N3O2. The summed E-state index contributed by atoms with van der Waals surface area (Å²) in [6.45, 7) is 4.59. The summed E-state index contributed by atoms with van der Waals surface area (Å²) in [6, 6.07) is 138. The Bertz CT molecular complexity index is 6970. The molecule has 116 heavy (non-hydrogen) atoms. The van der Waals surface area contributed by atoms with E-state index in [1.54, 1.807) is 6.07 Å². The first-order valence-electron chi connectivity index (χ1n) is 39.8. The predicted octanol–water partition coefficient (Wildman–Crippen LogP) is 27.3. The van der Waals surface area contributed by atoms with Gasteiger partial charge in [0.05, 0.1) is 33.1 Å². The number of benzene rings is 17. The van der Waals surface area contributed by atoms with Crippen molar-refractivity contribution in [2.24, 2.45) is 0 Å². The molecular weight excluding hydrogens is 1540 g/mol. The molecule has 4 aliphatic rings. The maximum atomic E-state index is 9.43. The minimum Gasteiger partial charge on any atom is -0.423 e. The summed E-state index contributed by atoms with van der Waals surface area (Å²) in [5, 5.41) is 26.2. The number of hydrogen-bond acceptors (Lipinski definition) is 2. The highest BCUT2D eigenvalue weighted by Crippen LogP contribution is 2.50. The first kappa shape index (κ1) is 72.1. The van der Waals surface area contributed by atoms with Gasteiger partial charge in [0.2, 0.25) is 0 Å². The monoisotopic (exact) mass is 1620 g/mol. The van der Waals surface area contributed by atoms with Gasteiger partial charge < -0.3 is 23.7 Å². The molecule has 17 aromatic carbocycles. The molecule has 0 fully saturated rings. The van der Waals surface area contributed by atoms with Crippen LogP contribution in [0.25, 0.3) is 149 Å². The Labute approximate surface area is 692 Å². The Hall–Kier alpha value is -12.9. The minimum absolute atomic E-state index is 0.121. The van der Waals surface area contributed by atoms with Crippen LogP contribution >= 0.6 is 31.9 Å². The van der Waals surface area contributed by atoms with E-state index in [2.05, 4.69) is 399 Å². The number of rotatable bonds is 6. The second kappa shape index (κ2) is 30.1. The number of fused-ring (bicyclic) bond motifs is 21. The third kappa shape index (κ3) is 13.0.